The first-order valence-electron chi connectivity index (χ1n) is 6.73. The predicted octanol–water partition coefficient (Wildman–Crippen LogP) is 5.14. The standard InChI is InChI=1S/C18H12F3N/c1-11-7-17(14-8-13(19)9-16(20)18(14)21)22-10-15(11)12-5-3-2-4-6-12/h2-10H,1H3. The second-order valence-electron chi connectivity index (χ2n) is 5.00. The summed E-state index contributed by atoms with van der Waals surface area (Å²) in [5.41, 5.74) is 2.74. The monoisotopic (exact) mass is 299 g/mol. The fourth-order valence-corrected chi connectivity index (χ4v) is 2.37. The van der Waals surface area contributed by atoms with E-state index < -0.39 is 17.5 Å². The van der Waals surface area contributed by atoms with Crippen LogP contribution in [-0.2, 0) is 0 Å². The molecule has 1 aromatic heterocycles. The second kappa shape index (κ2) is 5.64. The van der Waals surface area contributed by atoms with Crippen molar-refractivity contribution in [3.63, 3.8) is 0 Å². The lowest BCUT2D eigenvalue weighted by Crippen LogP contribution is -1.95. The zero-order chi connectivity index (χ0) is 15.7. The molecule has 4 heteroatoms. The van der Waals surface area contributed by atoms with E-state index in [4.69, 9.17) is 0 Å². The van der Waals surface area contributed by atoms with Crippen molar-refractivity contribution in [2.75, 3.05) is 0 Å². The van der Waals surface area contributed by atoms with E-state index in [1.54, 1.807) is 12.3 Å². The molecule has 0 saturated carbocycles. The lowest BCUT2D eigenvalue weighted by atomic mass is 10.0. The van der Waals surface area contributed by atoms with Gasteiger partial charge in [0.2, 0.25) is 0 Å². The summed E-state index contributed by atoms with van der Waals surface area (Å²) >= 11 is 0. The van der Waals surface area contributed by atoms with Crippen LogP contribution in [-0.4, -0.2) is 4.98 Å². The molecule has 0 aliphatic carbocycles. The molecular weight excluding hydrogens is 287 g/mol. The maximum absolute atomic E-state index is 13.8. The molecule has 0 radical (unpaired) electrons. The van der Waals surface area contributed by atoms with E-state index >= 15 is 0 Å². The van der Waals surface area contributed by atoms with Crippen LogP contribution in [0.1, 0.15) is 5.56 Å². The molecule has 1 nitrogen and oxygen atoms in total. The molecule has 0 spiro atoms. The van der Waals surface area contributed by atoms with Crippen molar-refractivity contribution in [3.05, 3.63) is 77.7 Å². The van der Waals surface area contributed by atoms with Gasteiger partial charge in [-0.3, -0.25) is 4.98 Å². The zero-order valence-corrected chi connectivity index (χ0v) is 11.8. The number of rotatable bonds is 2. The molecule has 3 rings (SSSR count). The van der Waals surface area contributed by atoms with Gasteiger partial charge in [0.15, 0.2) is 11.6 Å². The third kappa shape index (κ3) is 2.60. The highest BCUT2D eigenvalue weighted by atomic mass is 19.2. The molecule has 0 N–H and O–H groups in total. The minimum Gasteiger partial charge on any atom is -0.255 e. The fraction of sp³-hybridized carbons (Fsp3) is 0.0556. The number of halogens is 3. The molecule has 2 aromatic carbocycles. The summed E-state index contributed by atoms with van der Waals surface area (Å²) in [5.74, 6) is -3.15. The van der Waals surface area contributed by atoms with Gasteiger partial charge in [0.05, 0.1) is 5.69 Å². The molecule has 3 aromatic rings. The van der Waals surface area contributed by atoms with Crippen LogP contribution in [0.5, 0.6) is 0 Å². The van der Waals surface area contributed by atoms with Crippen molar-refractivity contribution in [1.82, 2.24) is 4.98 Å². The number of nitrogens with zero attached hydrogens (tertiary/aromatic N) is 1. The Morgan fingerprint density at radius 3 is 2.27 bits per heavy atom. The van der Waals surface area contributed by atoms with E-state index in [-0.39, 0.29) is 11.3 Å². The Hall–Kier alpha value is -2.62. The van der Waals surface area contributed by atoms with E-state index in [1.807, 2.05) is 37.3 Å². The van der Waals surface area contributed by atoms with Gasteiger partial charge in [0.1, 0.15) is 5.82 Å². The summed E-state index contributed by atoms with van der Waals surface area (Å²) in [6.45, 7) is 1.85. The SMILES string of the molecule is Cc1cc(-c2cc(F)cc(F)c2F)ncc1-c1ccccc1. The van der Waals surface area contributed by atoms with Gasteiger partial charge in [-0.25, -0.2) is 13.2 Å². The van der Waals surface area contributed by atoms with Gasteiger partial charge in [0.25, 0.3) is 0 Å². The van der Waals surface area contributed by atoms with Crippen LogP contribution >= 0.6 is 0 Å². The minimum atomic E-state index is -1.22. The van der Waals surface area contributed by atoms with Crippen LogP contribution in [0.25, 0.3) is 22.4 Å². The molecule has 0 fully saturated rings. The maximum Gasteiger partial charge on any atom is 0.168 e. The first-order valence-corrected chi connectivity index (χ1v) is 6.73. The first kappa shape index (κ1) is 14.3. The number of aryl methyl sites for hydroxylation is 1. The van der Waals surface area contributed by atoms with Crippen molar-refractivity contribution in [3.8, 4) is 22.4 Å². The van der Waals surface area contributed by atoms with Crippen molar-refractivity contribution < 1.29 is 13.2 Å². The highest BCUT2D eigenvalue weighted by Gasteiger charge is 2.15. The maximum atomic E-state index is 13.8. The molecule has 22 heavy (non-hydrogen) atoms. The highest BCUT2D eigenvalue weighted by molar-refractivity contribution is 5.70. The van der Waals surface area contributed by atoms with E-state index in [9.17, 15) is 13.2 Å². The molecule has 0 aliphatic rings. The molecule has 1 heterocycles. The molecule has 0 aliphatic heterocycles. The van der Waals surface area contributed by atoms with Gasteiger partial charge in [-0.1, -0.05) is 30.3 Å². The van der Waals surface area contributed by atoms with Crippen LogP contribution in [0, 0.1) is 24.4 Å². The van der Waals surface area contributed by atoms with Crippen LogP contribution in [0.15, 0.2) is 54.7 Å². The third-order valence-corrected chi connectivity index (χ3v) is 3.46. The average molecular weight is 299 g/mol. The molecule has 0 atom stereocenters. The normalized spacial score (nSPS) is 10.7. The summed E-state index contributed by atoms with van der Waals surface area (Å²) < 4.78 is 40.5. The van der Waals surface area contributed by atoms with Gasteiger partial charge in [-0.05, 0) is 30.2 Å². The van der Waals surface area contributed by atoms with Gasteiger partial charge in [0, 0.05) is 23.4 Å². The third-order valence-electron chi connectivity index (χ3n) is 3.46. The summed E-state index contributed by atoms with van der Waals surface area (Å²) in [6.07, 6.45) is 1.59. The largest absolute Gasteiger partial charge is 0.255 e. The number of hydrogen-bond donors (Lipinski definition) is 0. The smallest absolute Gasteiger partial charge is 0.168 e. The van der Waals surface area contributed by atoms with Crippen molar-refractivity contribution in [2.45, 2.75) is 6.92 Å². The summed E-state index contributed by atoms with van der Waals surface area (Å²) in [6, 6.07) is 12.7. The highest BCUT2D eigenvalue weighted by Crippen LogP contribution is 2.29. The van der Waals surface area contributed by atoms with Gasteiger partial charge >= 0.3 is 0 Å². The molecule has 110 valence electrons. The van der Waals surface area contributed by atoms with Crippen molar-refractivity contribution >= 4 is 0 Å². The number of hydrogen-bond acceptors (Lipinski definition) is 1. The Morgan fingerprint density at radius 1 is 0.864 bits per heavy atom. The van der Waals surface area contributed by atoms with Crippen molar-refractivity contribution in [2.24, 2.45) is 0 Å². The van der Waals surface area contributed by atoms with Crippen LogP contribution in [0.3, 0.4) is 0 Å². The Morgan fingerprint density at radius 2 is 1.59 bits per heavy atom. The Bertz CT molecular complexity index is 829. The lowest BCUT2D eigenvalue weighted by Gasteiger charge is -2.09. The quantitative estimate of drug-likeness (QED) is 0.597. The second-order valence-corrected chi connectivity index (χ2v) is 5.00. The summed E-state index contributed by atoms with van der Waals surface area (Å²) in [4.78, 5) is 4.16. The Labute approximate surface area is 126 Å². The molecular formula is C18H12F3N. The van der Waals surface area contributed by atoms with Crippen LogP contribution in [0.2, 0.25) is 0 Å². The molecule has 0 bridgehead atoms. The van der Waals surface area contributed by atoms with E-state index in [0.29, 0.717) is 6.07 Å². The van der Waals surface area contributed by atoms with Gasteiger partial charge < -0.3 is 0 Å². The molecule has 0 saturated heterocycles. The first-order chi connectivity index (χ1) is 10.6. The Kier molecular flexibility index (Phi) is 3.67. The fourth-order valence-electron chi connectivity index (χ4n) is 2.37. The van der Waals surface area contributed by atoms with E-state index in [1.165, 1.54) is 0 Å². The molecule has 0 amide bonds. The summed E-state index contributed by atoms with van der Waals surface area (Å²) in [5, 5.41) is 0. The number of benzene rings is 2. The van der Waals surface area contributed by atoms with Gasteiger partial charge in [-0.2, -0.15) is 0 Å². The van der Waals surface area contributed by atoms with E-state index in [2.05, 4.69) is 4.98 Å². The number of aromatic nitrogens is 1. The van der Waals surface area contributed by atoms with Crippen LogP contribution < -0.4 is 0 Å². The Balaban J connectivity index is 2.10. The lowest BCUT2D eigenvalue weighted by molar-refractivity contribution is 0.497. The predicted molar refractivity (Wildman–Crippen MR) is 79.7 cm³/mol. The summed E-state index contributed by atoms with van der Waals surface area (Å²) in [7, 11) is 0. The zero-order valence-electron chi connectivity index (χ0n) is 11.8. The van der Waals surface area contributed by atoms with Crippen LogP contribution in [0.4, 0.5) is 13.2 Å². The molecule has 0 unspecified atom stereocenters. The van der Waals surface area contributed by atoms with Crippen molar-refractivity contribution in [1.29, 1.82) is 0 Å². The van der Waals surface area contributed by atoms with Gasteiger partial charge in [-0.15, -0.1) is 0 Å². The number of pyridine rings is 1. The average Bonchev–Trinajstić information content (AvgIpc) is 2.51. The topological polar surface area (TPSA) is 12.9 Å². The minimum absolute atomic E-state index is 0.180. The van der Waals surface area contributed by atoms with E-state index in [0.717, 1.165) is 22.8 Å².